The fourth-order valence-corrected chi connectivity index (χ4v) is 3.50. The third-order valence-electron chi connectivity index (χ3n) is 4.16. The van der Waals surface area contributed by atoms with Gasteiger partial charge in [0.1, 0.15) is 5.75 Å². The number of nitrogens with zero attached hydrogens (tertiary/aromatic N) is 2. The van der Waals surface area contributed by atoms with Gasteiger partial charge in [0, 0.05) is 43.1 Å². The van der Waals surface area contributed by atoms with Gasteiger partial charge in [-0.25, -0.2) is 4.98 Å². The molecule has 0 bridgehead atoms. The van der Waals surface area contributed by atoms with E-state index in [-0.39, 0.29) is 0 Å². The molecule has 0 unspecified atom stereocenters. The minimum Gasteiger partial charge on any atom is -0.496 e. The van der Waals surface area contributed by atoms with Crippen LogP contribution in [0.1, 0.15) is 21.1 Å². The molecule has 7 nitrogen and oxygen atoms in total. The number of methoxy groups -OCH3 is 3. The molecule has 27 heavy (non-hydrogen) atoms. The Morgan fingerprint density at radius 3 is 2.26 bits per heavy atom. The molecule has 2 N–H and O–H groups in total. The summed E-state index contributed by atoms with van der Waals surface area (Å²) in [4.78, 5) is 10.1. The lowest BCUT2D eigenvalue weighted by atomic mass is 10.1. The minimum atomic E-state index is 0.540. The Bertz CT molecular complexity index is 770. The highest BCUT2D eigenvalue weighted by molar-refractivity contribution is 7.11. The summed E-state index contributed by atoms with van der Waals surface area (Å²) in [6, 6.07) is 3.72. The van der Waals surface area contributed by atoms with Crippen molar-refractivity contribution >= 4 is 17.3 Å². The summed E-state index contributed by atoms with van der Waals surface area (Å²) in [5.41, 5.74) is 2.06. The number of guanidine groups is 1. The molecule has 2 aromatic rings. The summed E-state index contributed by atoms with van der Waals surface area (Å²) in [6.07, 6.45) is 0.861. The number of aromatic nitrogens is 1. The number of rotatable bonds is 8. The van der Waals surface area contributed by atoms with Crippen LogP contribution in [0, 0.1) is 13.8 Å². The number of aliphatic imine (C=N–C) groups is 1. The Morgan fingerprint density at radius 1 is 1.04 bits per heavy atom. The number of aryl methyl sites for hydroxylation is 2. The molecule has 8 heteroatoms. The van der Waals surface area contributed by atoms with Gasteiger partial charge < -0.3 is 24.8 Å². The largest absolute Gasteiger partial charge is 0.496 e. The van der Waals surface area contributed by atoms with Crippen molar-refractivity contribution in [2.45, 2.75) is 26.8 Å². The summed E-state index contributed by atoms with van der Waals surface area (Å²) in [5.74, 6) is 2.74. The zero-order valence-electron chi connectivity index (χ0n) is 16.8. The smallest absolute Gasteiger partial charge is 0.191 e. The lowest BCUT2D eigenvalue weighted by molar-refractivity contribution is 0.347. The van der Waals surface area contributed by atoms with Crippen LogP contribution < -0.4 is 24.8 Å². The Kier molecular flexibility index (Phi) is 7.72. The number of hydrogen-bond donors (Lipinski definition) is 2. The predicted molar refractivity (Wildman–Crippen MR) is 110 cm³/mol. The van der Waals surface area contributed by atoms with Crippen molar-refractivity contribution in [1.29, 1.82) is 0 Å². The van der Waals surface area contributed by atoms with Crippen LogP contribution in [0.4, 0.5) is 0 Å². The second kappa shape index (κ2) is 10.0. The Hall–Kier alpha value is -2.48. The Labute approximate surface area is 164 Å². The van der Waals surface area contributed by atoms with Crippen molar-refractivity contribution in [3.05, 3.63) is 33.3 Å². The molecule has 0 aliphatic carbocycles. The quantitative estimate of drug-likeness (QED) is 0.531. The highest BCUT2D eigenvalue weighted by atomic mass is 32.1. The molecular formula is C19H28N4O3S. The molecule has 0 fully saturated rings. The van der Waals surface area contributed by atoms with E-state index in [0.29, 0.717) is 18.0 Å². The first-order valence-electron chi connectivity index (χ1n) is 8.68. The van der Waals surface area contributed by atoms with Gasteiger partial charge in [0.2, 0.25) is 0 Å². The van der Waals surface area contributed by atoms with Crippen molar-refractivity contribution in [1.82, 2.24) is 15.6 Å². The van der Waals surface area contributed by atoms with Crippen LogP contribution in [0.5, 0.6) is 17.2 Å². The van der Waals surface area contributed by atoms with Crippen LogP contribution in [-0.4, -0.2) is 45.9 Å². The van der Waals surface area contributed by atoms with E-state index in [0.717, 1.165) is 40.9 Å². The maximum atomic E-state index is 5.46. The number of hydrogen-bond acceptors (Lipinski definition) is 6. The summed E-state index contributed by atoms with van der Waals surface area (Å²) in [5, 5.41) is 7.75. The normalized spacial score (nSPS) is 11.3. The number of benzene rings is 1. The standard InChI is InChI=1S/C19H28N4O3S/c1-12-13(2)27-18(23-12)7-8-21-19(20-3)22-11-14-9-16(25-5)17(26-6)10-15(14)24-4/h9-10H,7-8,11H2,1-6H3,(H2,20,21,22). The van der Waals surface area contributed by atoms with Crippen molar-refractivity contribution < 1.29 is 14.2 Å². The summed E-state index contributed by atoms with van der Waals surface area (Å²) >= 11 is 1.74. The molecule has 0 aliphatic heterocycles. The fourth-order valence-electron chi connectivity index (χ4n) is 2.56. The van der Waals surface area contributed by atoms with E-state index < -0.39 is 0 Å². The van der Waals surface area contributed by atoms with Gasteiger partial charge in [-0.2, -0.15) is 0 Å². The van der Waals surface area contributed by atoms with Crippen molar-refractivity contribution in [2.75, 3.05) is 34.9 Å². The molecule has 1 aromatic heterocycles. The van der Waals surface area contributed by atoms with E-state index >= 15 is 0 Å². The third kappa shape index (κ3) is 5.50. The molecule has 0 saturated carbocycles. The van der Waals surface area contributed by atoms with Crippen molar-refractivity contribution in [3.8, 4) is 17.2 Å². The first-order valence-corrected chi connectivity index (χ1v) is 9.50. The lowest BCUT2D eigenvalue weighted by Crippen LogP contribution is -2.37. The monoisotopic (exact) mass is 392 g/mol. The molecule has 0 atom stereocenters. The molecule has 0 amide bonds. The van der Waals surface area contributed by atoms with Crippen molar-refractivity contribution in [3.63, 3.8) is 0 Å². The number of ether oxygens (including phenoxy) is 3. The van der Waals surface area contributed by atoms with Gasteiger partial charge in [0.15, 0.2) is 17.5 Å². The SMILES string of the molecule is CN=C(NCCc1nc(C)c(C)s1)NCc1cc(OC)c(OC)cc1OC. The van der Waals surface area contributed by atoms with Gasteiger partial charge in [-0.1, -0.05) is 0 Å². The van der Waals surface area contributed by atoms with E-state index in [1.54, 1.807) is 39.7 Å². The average Bonchev–Trinajstić information content (AvgIpc) is 3.01. The fraction of sp³-hybridized carbons (Fsp3) is 0.474. The highest BCUT2D eigenvalue weighted by Crippen LogP contribution is 2.34. The van der Waals surface area contributed by atoms with Gasteiger partial charge in [-0.15, -0.1) is 11.3 Å². The lowest BCUT2D eigenvalue weighted by Gasteiger charge is -2.16. The van der Waals surface area contributed by atoms with Crippen LogP contribution >= 0.6 is 11.3 Å². The predicted octanol–water partition coefficient (Wildman–Crippen LogP) is 2.69. The molecule has 0 aliphatic rings. The van der Waals surface area contributed by atoms with Crippen LogP contribution in [0.3, 0.4) is 0 Å². The van der Waals surface area contributed by atoms with Gasteiger partial charge in [0.05, 0.1) is 32.0 Å². The van der Waals surface area contributed by atoms with E-state index in [2.05, 4.69) is 27.5 Å². The molecule has 1 heterocycles. The van der Waals surface area contributed by atoms with Crippen LogP contribution in [0.2, 0.25) is 0 Å². The second-order valence-corrected chi connectivity index (χ2v) is 7.16. The maximum absolute atomic E-state index is 5.46. The molecule has 148 valence electrons. The molecule has 0 radical (unpaired) electrons. The minimum absolute atomic E-state index is 0.540. The van der Waals surface area contributed by atoms with Crippen molar-refractivity contribution in [2.24, 2.45) is 4.99 Å². The first kappa shape index (κ1) is 20.8. The van der Waals surface area contributed by atoms with E-state index in [9.17, 15) is 0 Å². The van der Waals surface area contributed by atoms with Gasteiger partial charge in [-0.05, 0) is 19.9 Å². The average molecular weight is 393 g/mol. The van der Waals surface area contributed by atoms with Crippen LogP contribution in [0.25, 0.3) is 0 Å². The molecule has 0 spiro atoms. The zero-order chi connectivity index (χ0) is 19.8. The molecule has 1 aromatic carbocycles. The van der Waals surface area contributed by atoms with Gasteiger partial charge in [0.25, 0.3) is 0 Å². The summed E-state index contributed by atoms with van der Waals surface area (Å²) in [7, 11) is 6.60. The summed E-state index contributed by atoms with van der Waals surface area (Å²) in [6.45, 7) is 5.44. The molecule has 0 saturated heterocycles. The summed E-state index contributed by atoms with van der Waals surface area (Å²) < 4.78 is 16.2. The van der Waals surface area contributed by atoms with E-state index in [1.165, 1.54) is 4.88 Å². The zero-order valence-corrected chi connectivity index (χ0v) is 17.6. The van der Waals surface area contributed by atoms with Crippen LogP contribution in [-0.2, 0) is 13.0 Å². The first-order chi connectivity index (χ1) is 13.0. The third-order valence-corrected chi connectivity index (χ3v) is 5.29. The number of thiazole rings is 1. The van der Waals surface area contributed by atoms with Gasteiger partial charge >= 0.3 is 0 Å². The molecule has 2 rings (SSSR count). The number of nitrogens with one attached hydrogen (secondary N) is 2. The van der Waals surface area contributed by atoms with E-state index in [1.807, 2.05) is 19.1 Å². The maximum Gasteiger partial charge on any atom is 0.191 e. The second-order valence-electron chi connectivity index (χ2n) is 5.87. The Morgan fingerprint density at radius 2 is 1.70 bits per heavy atom. The Balaban J connectivity index is 1.95. The van der Waals surface area contributed by atoms with Gasteiger partial charge in [-0.3, -0.25) is 4.99 Å². The van der Waals surface area contributed by atoms with E-state index in [4.69, 9.17) is 14.2 Å². The highest BCUT2D eigenvalue weighted by Gasteiger charge is 2.12. The molecular weight excluding hydrogens is 364 g/mol. The van der Waals surface area contributed by atoms with Crippen LogP contribution in [0.15, 0.2) is 17.1 Å². The topological polar surface area (TPSA) is 77.0 Å².